The number of nitrogens with zero attached hydrogens (tertiary/aromatic N) is 3. The number of rotatable bonds is 6. The monoisotopic (exact) mass is 367 g/mol. The molecule has 3 aromatic rings. The molecule has 0 amide bonds. The van der Waals surface area contributed by atoms with Gasteiger partial charge in [-0.3, -0.25) is 9.80 Å². The molecule has 1 aromatic heterocycles. The quantitative estimate of drug-likeness (QED) is 0.667. The van der Waals surface area contributed by atoms with Crippen molar-refractivity contribution in [1.82, 2.24) is 14.8 Å². The van der Waals surface area contributed by atoms with E-state index >= 15 is 0 Å². The molecule has 0 unspecified atom stereocenters. The Morgan fingerprint density at radius 1 is 0.889 bits per heavy atom. The zero-order valence-electron chi connectivity index (χ0n) is 15.9. The van der Waals surface area contributed by atoms with Gasteiger partial charge in [-0.05, 0) is 29.8 Å². The number of piperazine rings is 1. The molecular weight excluding hydrogens is 342 g/mol. The highest BCUT2D eigenvalue weighted by Crippen LogP contribution is 2.28. The van der Waals surface area contributed by atoms with E-state index in [1.54, 1.807) is 14.2 Å². The van der Waals surface area contributed by atoms with Crippen molar-refractivity contribution in [1.29, 1.82) is 0 Å². The van der Waals surface area contributed by atoms with Crippen LogP contribution in [0.4, 0.5) is 0 Å². The van der Waals surface area contributed by atoms with Crippen molar-refractivity contribution >= 4 is 11.1 Å². The van der Waals surface area contributed by atoms with Crippen LogP contribution in [-0.4, -0.2) is 55.2 Å². The van der Waals surface area contributed by atoms with E-state index in [2.05, 4.69) is 26.9 Å². The third kappa shape index (κ3) is 4.07. The molecule has 1 aliphatic heterocycles. The summed E-state index contributed by atoms with van der Waals surface area (Å²) in [6.45, 7) is 5.73. The fraction of sp³-hybridized carbons (Fsp3) is 0.381. The van der Waals surface area contributed by atoms with Crippen LogP contribution >= 0.6 is 0 Å². The van der Waals surface area contributed by atoms with Crippen molar-refractivity contribution in [2.24, 2.45) is 0 Å². The van der Waals surface area contributed by atoms with E-state index in [-0.39, 0.29) is 0 Å². The predicted molar refractivity (Wildman–Crippen MR) is 104 cm³/mol. The van der Waals surface area contributed by atoms with Gasteiger partial charge in [0.2, 0.25) is 5.89 Å². The average Bonchev–Trinajstić information content (AvgIpc) is 3.11. The van der Waals surface area contributed by atoms with Crippen LogP contribution in [0.2, 0.25) is 0 Å². The zero-order chi connectivity index (χ0) is 18.6. The molecule has 0 N–H and O–H groups in total. The van der Waals surface area contributed by atoms with Crippen LogP contribution in [0.3, 0.4) is 0 Å². The Bertz CT molecular complexity index is 868. The Hall–Kier alpha value is -2.57. The summed E-state index contributed by atoms with van der Waals surface area (Å²) in [5, 5.41) is 0. The summed E-state index contributed by atoms with van der Waals surface area (Å²) in [6.07, 6.45) is 0. The van der Waals surface area contributed by atoms with Crippen LogP contribution in [0.25, 0.3) is 11.1 Å². The Labute approximate surface area is 159 Å². The van der Waals surface area contributed by atoms with E-state index in [1.807, 2.05) is 30.3 Å². The number of ether oxygens (including phenoxy) is 2. The molecule has 0 atom stereocenters. The fourth-order valence-corrected chi connectivity index (χ4v) is 3.52. The summed E-state index contributed by atoms with van der Waals surface area (Å²) < 4.78 is 16.6. The van der Waals surface area contributed by atoms with Crippen molar-refractivity contribution in [2.45, 2.75) is 13.1 Å². The van der Waals surface area contributed by atoms with Gasteiger partial charge in [-0.15, -0.1) is 0 Å². The maximum Gasteiger partial charge on any atom is 0.209 e. The van der Waals surface area contributed by atoms with Gasteiger partial charge < -0.3 is 13.9 Å². The summed E-state index contributed by atoms with van der Waals surface area (Å²) in [6, 6.07) is 14.1. The molecule has 4 rings (SSSR count). The van der Waals surface area contributed by atoms with Crippen LogP contribution in [0, 0.1) is 0 Å². The van der Waals surface area contributed by atoms with Gasteiger partial charge in [0, 0.05) is 32.7 Å². The largest absolute Gasteiger partial charge is 0.493 e. The van der Waals surface area contributed by atoms with E-state index in [9.17, 15) is 0 Å². The van der Waals surface area contributed by atoms with E-state index in [4.69, 9.17) is 13.9 Å². The van der Waals surface area contributed by atoms with Crippen molar-refractivity contribution in [3.63, 3.8) is 0 Å². The molecule has 0 spiro atoms. The first-order valence-corrected chi connectivity index (χ1v) is 9.25. The highest BCUT2D eigenvalue weighted by molar-refractivity contribution is 5.72. The number of methoxy groups -OCH3 is 2. The molecule has 1 fully saturated rings. The Morgan fingerprint density at radius 2 is 1.59 bits per heavy atom. The molecule has 1 saturated heterocycles. The van der Waals surface area contributed by atoms with Gasteiger partial charge in [0.25, 0.3) is 0 Å². The third-order valence-corrected chi connectivity index (χ3v) is 5.02. The van der Waals surface area contributed by atoms with Gasteiger partial charge in [-0.2, -0.15) is 0 Å². The summed E-state index contributed by atoms with van der Waals surface area (Å²) in [5.41, 5.74) is 3.03. The van der Waals surface area contributed by atoms with E-state index in [0.717, 1.165) is 67.8 Å². The molecule has 0 bridgehead atoms. The second-order valence-corrected chi connectivity index (χ2v) is 6.82. The number of oxazole rings is 1. The van der Waals surface area contributed by atoms with Gasteiger partial charge in [0.1, 0.15) is 5.52 Å². The molecular formula is C21H25N3O3. The zero-order valence-corrected chi connectivity index (χ0v) is 15.9. The number of para-hydroxylation sites is 2. The molecule has 6 heteroatoms. The maximum atomic E-state index is 5.85. The number of hydrogen-bond acceptors (Lipinski definition) is 6. The minimum Gasteiger partial charge on any atom is -0.493 e. The smallest absolute Gasteiger partial charge is 0.209 e. The predicted octanol–water partition coefficient (Wildman–Crippen LogP) is 3.16. The summed E-state index contributed by atoms with van der Waals surface area (Å²) >= 11 is 0. The first kappa shape index (κ1) is 17.8. The number of benzene rings is 2. The molecule has 0 saturated carbocycles. The van der Waals surface area contributed by atoms with Gasteiger partial charge in [0.05, 0.1) is 20.8 Å². The lowest BCUT2D eigenvalue weighted by molar-refractivity contribution is 0.115. The lowest BCUT2D eigenvalue weighted by Gasteiger charge is -2.34. The molecule has 0 aliphatic carbocycles. The second-order valence-electron chi connectivity index (χ2n) is 6.82. The second kappa shape index (κ2) is 7.98. The Balaban J connectivity index is 1.32. The summed E-state index contributed by atoms with van der Waals surface area (Å²) in [4.78, 5) is 9.44. The highest BCUT2D eigenvalue weighted by atomic mass is 16.5. The van der Waals surface area contributed by atoms with Gasteiger partial charge >= 0.3 is 0 Å². The lowest BCUT2D eigenvalue weighted by Crippen LogP contribution is -2.45. The van der Waals surface area contributed by atoms with Crippen LogP contribution < -0.4 is 9.47 Å². The Kier molecular flexibility index (Phi) is 5.27. The molecule has 142 valence electrons. The molecule has 2 heterocycles. The molecule has 0 radical (unpaired) electrons. The van der Waals surface area contributed by atoms with Crippen LogP contribution in [0.5, 0.6) is 11.5 Å². The van der Waals surface area contributed by atoms with Crippen molar-refractivity contribution in [2.75, 3.05) is 40.4 Å². The SMILES string of the molecule is COc1ccc(CN2CCN(Cc3nc4ccccc4o3)CC2)cc1OC. The van der Waals surface area contributed by atoms with E-state index < -0.39 is 0 Å². The van der Waals surface area contributed by atoms with Gasteiger partial charge in [0.15, 0.2) is 17.1 Å². The highest BCUT2D eigenvalue weighted by Gasteiger charge is 2.19. The molecule has 2 aromatic carbocycles. The molecule has 1 aliphatic rings. The topological polar surface area (TPSA) is 51.0 Å². The maximum absolute atomic E-state index is 5.85. The average molecular weight is 367 g/mol. The number of hydrogen-bond donors (Lipinski definition) is 0. The Morgan fingerprint density at radius 3 is 2.30 bits per heavy atom. The van der Waals surface area contributed by atoms with E-state index in [1.165, 1.54) is 5.56 Å². The van der Waals surface area contributed by atoms with Crippen molar-refractivity contribution in [3.8, 4) is 11.5 Å². The summed E-state index contributed by atoms with van der Waals surface area (Å²) in [5.74, 6) is 2.35. The summed E-state index contributed by atoms with van der Waals surface area (Å²) in [7, 11) is 3.33. The molecule has 27 heavy (non-hydrogen) atoms. The number of fused-ring (bicyclic) bond motifs is 1. The minimum atomic E-state index is 0.763. The standard InChI is InChI=1S/C21H25N3O3/c1-25-19-8-7-16(13-20(19)26-2)14-23-9-11-24(12-10-23)15-21-22-17-5-3-4-6-18(17)27-21/h3-8,13H,9-12,14-15H2,1-2H3. The number of aromatic nitrogens is 1. The van der Waals surface area contributed by atoms with Gasteiger partial charge in [-0.1, -0.05) is 18.2 Å². The molecule has 6 nitrogen and oxygen atoms in total. The fourth-order valence-electron chi connectivity index (χ4n) is 3.52. The van der Waals surface area contributed by atoms with Gasteiger partial charge in [-0.25, -0.2) is 4.98 Å². The lowest BCUT2D eigenvalue weighted by atomic mass is 10.1. The van der Waals surface area contributed by atoms with Crippen molar-refractivity contribution < 1.29 is 13.9 Å². The van der Waals surface area contributed by atoms with E-state index in [0.29, 0.717) is 0 Å². The minimum absolute atomic E-state index is 0.763. The third-order valence-electron chi connectivity index (χ3n) is 5.02. The first-order chi connectivity index (χ1) is 13.2. The van der Waals surface area contributed by atoms with Crippen LogP contribution in [0.15, 0.2) is 46.9 Å². The van der Waals surface area contributed by atoms with Crippen LogP contribution in [-0.2, 0) is 13.1 Å². The normalized spacial score (nSPS) is 15.9. The van der Waals surface area contributed by atoms with Crippen molar-refractivity contribution in [3.05, 3.63) is 53.9 Å². The van der Waals surface area contributed by atoms with Crippen LogP contribution in [0.1, 0.15) is 11.5 Å². The first-order valence-electron chi connectivity index (χ1n) is 9.25.